The second kappa shape index (κ2) is 9.70. The van der Waals surface area contributed by atoms with Crippen LogP contribution in [0.25, 0.3) is 5.69 Å². The molecular weight excluding hydrogens is 432 g/mol. The third-order valence-corrected chi connectivity index (χ3v) is 5.83. The molecule has 34 heavy (non-hydrogen) atoms. The Labute approximate surface area is 197 Å². The zero-order valence-electron chi connectivity index (χ0n) is 18.7. The topological polar surface area (TPSA) is 95.3 Å². The summed E-state index contributed by atoms with van der Waals surface area (Å²) in [5.41, 5.74) is 2.29. The molecule has 0 unspecified atom stereocenters. The van der Waals surface area contributed by atoms with Crippen molar-refractivity contribution in [2.45, 2.75) is 18.8 Å². The molecule has 1 fully saturated rings. The van der Waals surface area contributed by atoms with Crippen molar-refractivity contribution in [1.82, 2.24) is 29.6 Å². The Hall–Kier alpha value is -4.27. The fraction of sp³-hybridized carbons (Fsp3) is 0.240. The predicted octanol–water partition coefficient (Wildman–Crippen LogP) is 3.88. The van der Waals surface area contributed by atoms with Gasteiger partial charge < -0.3 is 14.4 Å². The Balaban J connectivity index is 1.30. The zero-order chi connectivity index (χ0) is 23.3. The molecule has 1 amide bonds. The highest BCUT2D eigenvalue weighted by molar-refractivity contribution is 5.94. The van der Waals surface area contributed by atoms with E-state index in [9.17, 15) is 4.79 Å². The number of methoxy groups -OCH3 is 1. The molecule has 0 spiro atoms. The summed E-state index contributed by atoms with van der Waals surface area (Å²) in [5, 5.41) is 7.67. The van der Waals surface area contributed by atoms with Crippen LogP contribution in [0.5, 0.6) is 17.4 Å². The maximum atomic E-state index is 13.3. The van der Waals surface area contributed by atoms with Crippen molar-refractivity contribution in [3.63, 3.8) is 0 Å². The van der Waals surface area contributed by atoms with Crippen LogP contribution in [0.3, 0.4) is 0 Å². The van der Waals surface area contributed by atoms with Gasteiger partial charge in [0.25, 0.3) is 5.91 Å². The van der Waals surface area contributed by atoms with Crippen LogP contribution in [0.15, 0.2) is 73.6 Å². The summed E-state index contributed by atoms with van der Waals surface area (Å²) in [4.78, 5) is 24.2. The van der Waals surface area contributed by atoms with Gasteiger partial charge >= 0.3 is 0 Å². The Kier molecular flexibility index (Phi) is 6.15. The van der Waals surface area contributed by atoms with Gasteiger partial charge in [0, 0.05) is 42.5 Å². The molecule has 0 radical (unpaired) electrons. The highest BCUT2D eigenvalue weighted by Crippen LogP contribution is 2.29. The van der Waals surface area contributed by atoms with Crippen LogP contribution in [0.1, 0.15) is 34.8 Å². The molecule has 5 rings (SSSR count). The molecule has 9 nitrogen and oxygen atoms in total. The normalized spacial score (nSPS) is 15.7. The van der Waals surface area contributed by atoms with Gasteiger partial charge in [0.15, 0.2) is 0 Å². The summed E-state index contributed by atoms with van der Waals surface area (Å²) >= 11 is 0. The quantitative estimate of drug-likeness (QED) is 0.434. The molecule has 1 atom stereocenters. The molecule has 2 aromatic carbocycles. The largest absolute Gasteiger partial charge is 0.497 e. The molecule has 1 aliphatic heterocycles. The van der Waals surface area contributed by atoms with Crippen molar-refractivity contribution >= 4 is 5.91 Å². The summed E-state index contributed by atoms with van der Waals surface area (Å²) in [7, 11) is 1.61. The molecule has 172 valence electrons. The van der Waals surface area contributed by atoms with E-state index in [0.717, 1.165) is 24.2 Å². The van der Waals surface area contributed by atoms with E-state index in [-0.39, 0.29) is 11.8 Å². The number of benzene rings is 2. The smallest absolute Gasteiger partial charge is 0.253 e. The van der Waals surface area contributed by atoms with E-state index in [0.29, 0.717) is 36.0 Å². The van der Waals surface area contributed by atoms with Crippen LogP contribution >= 0.6 is 0 Å². The van der Waals surface area contributed by atoms with Crippen molar-refractivity contribution in [1.29, 1.82) is 0 Å². The van der Waals surface area contributed by atoms with E-state index in [1.165, 1.54) is 0 Å². The van der Waals surface area contributed by atoms with Gasteiger partial charge in [-0.05, 0) is 43.2 Å². The molecular formula is C25H24N6O3. The molecule has 0 saturated carbocycles. The first-order valence-electron chi connectivity index (χ1n) is 11.1. The predicted molar refractivity (Wildman–Crippen MR) is 124 cm³/mol. The molecule has 3 heterocycles. The minimum Gasteiger partial charge on any atom is -0.497 e. The third-order valence-electron chi connectivity index (χ3n) is 5.83. The number of amides is 1. The minimum atomic E-state index is -0.00336. The summed E-state index contributed by atoms with van der Waals surface area (Å²) in [6.45, 7) is 1.28. The van der Waals surface area contributed by atoms with E-state index >= 15 is 0 Å². The lowest BCUT2D eigenvalue weighted by molar-refractivity contribution is 0.0705. The average molecular weight is 457 g/mol. The number of carbonyl (C=O) groups excluding carboxylic acids is 1. The van der Waals surface area contributed by atoms with Crippen molar-refractivity contribution in [3.8, 4) is 23.1 Å². The number of carbonyl (C=O) groups is 1. The Morgan fingerprint density at radius 2 is 1.85 bits per heavy atom. The first-order valence-corrected chi connectivity index (χ1v) is 11.1. The van der Waals surface area contributed by atoms with Gasteiger partial charge in [-0.25, -0.2) is 4.98 Å². The monoisotopic (exact) mass is 456 g/mol. The second-order valence-corrected chi connectivity index (χ2v) is 8.07. The number of hydrogen-bond acceptors (Lipinski definition) is 7. The molecule has 4 aromatic rings. The average Bonchev–Trinajstić information content (AvgIpc) is 3.44. The van der Waals surface area contributed by atoms with Crippen molar-refractivity contribution in [2.75, 3.05) is 20.2 Å². The molecule has 2 aromatic heterocycles. The molecule has 1 aliphatic rings. The zero-order valence-corrected chi connectivity index (χ0v) is 18.7. The number of rotatable bonds is 6. The minimum absolute atomic E-state index is 0.00336. The lowest BCUT2D eigenvalue weighted by Crippen LogP contribution is -2.39. The number of nitrogens with zero attached hydrogens (tertiary/aromatic N) is 6. The summed E-state index contributed by atoms with van der Waals surface area (Å²) in [5.74, 6) is 1.82. The summed E-state index contributed by atoms with van der Waals surface area (Å²) in [6.07, 6.45) is 8.39. The second-order valence-electron chi connectivity index (χ2n) is 8.07. The van der Waals surface area contributed by atoms with E-state index in [4.69, 9.17) is 9.47 Å². The van der Waals surface area contributed by atoms with Gasteiger partial charge in [-0.3, -0.25) is 14.3 Å². The van der Waals surface area contributed by atoms with Gasteiger partial charge in [0.2, 0.25) is 5.88 Å². The SMILES string of the molecule is COc1cccc(Oc2cncc([C@H]3CCCN(C(=O)c4cccc(-n5cnnc5)c4)C3)n2)c1. The maximum absolute atomic E-state index is 13.3. The Morgan fingerprint density at radius 1 is 1.03 bits per heavy atom. The molecule has 9 heteroatoms. The van der Waals surface area contributed by atoms with Crippen molar-refractivity contribution in [3.05, 3.63) is 84.8 Å². The number of aromatic nitrogens is 5. The fourth-order valence-electron chi connectivity index (χ4n) is 4.11. The maximum Gasteiger partial charge on any atom is 0.253 e. The summed E-state index contributed by atoms with van der Waals surface area (Å²) < 4.78 is 12.9. The Morgan fingerprint density at radius 3 is 2.71 bits per heavy atom. The van der Waals surface area contributed by atoms with Gasteiger partial charge in [-0.15, -0.1) is 10.2 Å². The van der Waals surface area contributed by atoms with Gasteiger partial charge in [-0.2, -0.15) is 0 Å². The van der Waals surface area contributed by atoms with E-state index < -0.39 is 0 Å². The number of likely N-dealkylation sites (tertiary alicyclic amines) is 1. The standard InChI is InChI=1S/C25H24N6O3/c1-33-21-8-3-9-22(12-21)34-24-14-26-13-23(29-24)19-6-4-10-30(15-19)25(32)18-5-2-7-20(11-18)31-16-27-28-17-31/h2-3,5,7-9,11-14,16-17,19H,4,6,10,15H2,1H3/t19-/m0/s1. The van der Waals surface area contributed by atoms with E-state index in [1.54, 1.807) is 42.8 Å². The van der Waals surface area contributed by atoms with Crippen LogP contribution in [0, 0.1) is 0 Å². The van der Waals surface area contributed by atoms with Gasteiger partial charge in [0.1, 0.15) is 24.2 Å². The lowest BCUT2D eigenvalue weighted by atomic mass is 9.94. The lowest BCUT2D eigenvalue weighted by Gasteiger charge is -2.32. The summed E-state index contributed by atoms with van der Waals surface area (Å²) in [6, 6.07) is 14.8. The van der Waals surface area contributed by atoms with Crippen LogP contribution < -0.4 is 9.47 Å². The fourth-order valence-corrected chi connectivity index (χ4v) is 4.11. The first kappa shape index (κ1) is 21.6. The Bertz CT molecular complexity index is 1280. The van der Waals surface area contributed by atoms with Crippen LogP contribution in [0.2, 0.25) is 0 Å². The number of ether oxygens (including phenoxy) is 2. The molecule has 0 bridgehead atoms. The van der Waals surface area contributed by atoms with Crippen molar-refractivity contribution < 1.29 is 14.3 Å². The first-order chi connectivity index (χ1) is 16.7. The van der Waals surface area contributed by atoms with Crippen LogP contribution in [-0.4, -0.2) is 55.7 Å². The molecule has 0 aliphatic carbocycles. The van der Waals surface area contributed by atoms with E-state index in [2.05, 4.69) is 20.2 Å². The van der Waals surface area contributed by atoms with Gasteiger partial charge in [-0.1, -0.05) is 12.1 Å². The van der Waals surface area contributed by atoms with E-state index in [1.807, 2.05) is 47.4 Å². The van der Waals surface area contributed by atoms with Gasteiger partial charge in [0.05, 0.1) is 19.0 Å². The molecule has 1 saturated heterocycles. The highest BCUT2D eigenvalue weighted by Gasteiger charge is 2.27. The number of piperidine rings is 1. The van der Waals surface area contributed by atoms with Crippen LogP contribution in [-0.2, 0) is 0 Å². The van der Waals surface area contributed by atoms with Crippen molar-refractivity contribution in [2.24, 2.45) is 0 Å². The molecule has 0 N–H and O–H groups in total. The highest BCUT2D eigenvalue weighted by atomic mass is 16.5. The number of hydrogen-bond donors (Lipinski definition) is 0. The third kappa shape index (κ3) is 4.73. The van der Waals surface area contributed by atoms with Crippen LogP contribution in [0.4, 0.5) is 0 Å².